The van der Waals surface area contributed by atoms with Crippen LogP contribution in [0.1, 0.15) is 5.56 Å². The number of imidazole rings is 1. The molecule has 6 heteroatoms. The number of hydrogen-bond donors (Lipinski definition) is 1. The molecule has 0 spiro atoms. The Bertz CT molecular complexity index is 863. The number of fused-ring (bicyclic) bond motifs is 1. The molecule has 0 aliphatic rings. The highest BCUT2D eigenvalue weighted by Gasteiger charge is 2.15. The van der Waals surface area contributed by atoms with E-state index in [0.29, 0.717) is 11.2 Å². The highest BCUT2D eigenvalue weighted by atomic mass is 127. The lowest BCUT2D eigenvalue weighted by molar-refractivity contribution is 0.623. The Morgan fingerprint density at radius 2 is 2.10 bits per heavy atom. The molecule has 0 aliphatic heterocycles. The third-order valence-electron chi connectivity index (χ3n) is 2.99. The lowest BCUT2D eigenvalue weighted by Crippen LogP contribution is -2.04. The normalized spacial score (nSPS) is 10.7. The molecule has 98 valence electrons. The lowest BCUT2D eigenvalue weighted by atomic mass is 10.1. The van der Waals surface area contributed by atoms with Gasteiger partial charge in [0.2, 0.25) is 5.95 Å². The summed E-state index contributed by atoms with van der Waals surface area (Å²) in [5, 5.41) is 9.14. The van der Waals surface area contributed by atoms with Crippen molar-refractivity contribution in [2.75, 3.05) is 5.73 Å². The molecule has 4 nitrogen and oxygen atoms in total. The molecule has 0 fully saturated rings. The van der Waals surface area contributed by atoms with Gasteiger partial charge >= 0.3 is 0 Å². The van der Waals surface area contributed by atoms with Gasteiger partial charge in [0.25, 0.3) is 0 Å². The number of anilines is 1. The molecule has 1 heterocycles. The average molecular weight is 378 g/mol. The van der Waals surface area contributed by atoms with Crippen molar-refractivity contribution >= 4 is 39.6 Å². The molecule has 2 N–H and O–H groups in total. The molecule has 20 heavy (non-hydrogen) atoms. The molecule has 3 aromatic rings. The molecular formula is C14H8FIN4. The summed E-state index contributed by atoms with van der Waals surface area (Å²) in [6, 6.07) is 12.0. The number of nitrogens with two attached hydrogens (primary N) is 1. The van der Waals surface area contributed by atoms with Crippen LogP contribution in [0.15, 0.2) is 36.4 Å². The van der Waals surface area contributed by atoms with Gasteiger partial charge in [-0.3, -0.25) is 4.57 Å². The smallest absolute Gasteiger partial charge is 0.205 e. The number of nitrogens with zero attached hydrogens (tertiary/aromatic N) is 3. The summed E-state index contributed by atoms with van der Waals surface area (Å²) in [7, 11) is 0. The van der Waals surface area contributed by atoms with E-state index in [4.69, 9.17) is 11.0 Å². The van der Waals surface area contributed by atoms with E-state index in [1.807, 2.05) is 24.3 Å². The van der Waals surface area contributed by atoms with Crippen molar-refractivity contribution in [3.8, 4) is 11.8 Å². The monoisotopic (exact) mass is 378 g/mol. The SMILES string of the molecule is N#Cc1c(F)cccc1-n1c(N)nc2cc(I)ccc21. The van der Waals surface area contributed by atoms with Crippen molar-refractivity contribution in [3.05, 3.63) is 51.3 Å². The van der Waals surface area contributed by atoms with Crippen LogP contribution >= 0.6 is 22.6 Å². The van der Waals surface area contributed by atoms with Gasteiger partial charge < -0.3 is 5.73 Å². The Hall–Kier alpha value is -2.14. The quantitative estimate of drug-likeness (QED) is 0.662. The molecule has 0 bridgehead atoms. The predicted octanol–water partition coefficient (Wildman–Crippen LogP) is 3.22. The molecule has 0 saturated carbocycles. The van der Waals surface area contributed by atoms with E-state index in [1.54, 1.807) is 16.7 Å². The van der Waals surface area contributed by atoms with Crippen LogP contribution in [0.25, 0.3) is 16.7 Å². The number of rotatable bonds is 1. The first kappa shape index (κ1) is 12.9. The fourth-order valence-corrected chi connectivity index (χ4v) is 2.61. The Morgan fingerprint density at radius 1 is 1.30 bits per heavy atom. The Kier molecular flexibility index (Phi) is 3.06. The van der Waals surface area contributed by atoms with E-state index in [0.717, 1.165) is 9.09 Å². The molecule has 0 aliphatic carbocycles. The van der Waals surface area contributed by atoms with E-state index in [-0.39, 0.29) is 11.5 Å². The highest BCUT2D eigenvalue weighted by Crippen LogP contribution is 2.27. The first-order chi connectivity index (χ1) is 9.61. The van der Waals surface area contributed by atoms with Crippen molar-refractivity contribution in [1.82, 2.24) is 9.55 Å². The molecule has 0 atom stereocenters. The second-order valence-electron chi connectivity index (χ2n) is 4.18. The van der Waals surface area contributed by atoms with Crippen LogP contribution in [0.5, 0.6) is 0 Å². The Labute approximate surface area is 127 Å². The molecular weight excluding hydrogens is 370 g/mol. The lowest BCUT2D eigenvalue weighted by Gasteiger charge is -2.09. The summed E-state index contributed by atoms with van der Waals surface area (Å²) in [4.78, 5) is 4.26. The van der Waals surface area contributed by atoms with Gasteiger partial charge in [0.15, 0.2) is 0 Å². The van der Waals surface area contributed by atoms with Crippen molar-refractivity contribution in [2.24, 2.45) is 0 Å². The zero-order chi connectivity index (χ0) is 14.3. The van der Waals surface area contributed by atoms with E-state index in [1.165, 1.54) is 6.07 Å². The van der Waals surface area contributed by atoms with E-state index in [9.17, 15) is 4.39 Å². The standard InChI is InChI=1S/C14H8FIN4/c15-10-2-1-3-12(9(10)7-17)20-13-5-4-8(16)6-11(13)19-14(20)18/h1-6H,(H2,18,19). The van der Waals surface area contributed by atoms with Crippen LogP contribution in [-0.4, -0.2) is 9.55 Å². The number of nitrogen functional groups attached to an aromatic ring is 1. The average Bonchev–Trinajstić information content (AvgIpc) is 2.73. The maximum absolute atomic E-state index is 13.7. The molecule has 0 unspecified atom stereocenters. The minimum Gasteiger partial charge on any atom is -0.369 e. The third-order valence-corrected chi connectivity index (χ3v) is 3.66. The molecule has 3 rings (SSSR count). The molecule has 0 saturated heterocycles. The van der Waals surface area contributed by atoms with Gasteiger partial charge in [0.05, 0.1) is 16.7 Å². The van der Waals surface area contributed by atoms with Gasteiger partial charge in [-0.25, -0.2) is 9.37 Å². The largest absolute Gasteiger partial charge is 0.369 e. The maximum atomic E-state index is 13.7. The van der Waals surface area contributed by atoms with E-state index >= 15 is 0 Å². The van der Waals surface area contributed by atoms with E-state index < -0.39 is 5.82 Å². The summed E-state index contributed by atoms with van der Waals surface area (Å²) < 4.78 is 16.4. The predicted molar refractivity (Wildman–Crippen MR) is 82.9 cm³/mol. The maximum Gasteiger partial charge on any atom is 0.205 e. The number of benzene rings is 2. The molecule has 0 amide bonds. The summed E-state index contributed by atoms with van der Waals surface area (Å²) in [6.07, 6.45) is 0. The number of halogens is 2. The summed E-state index contributed by atoms with van der Waals surface area (Å²) in [5.41, 5.74) is 7.73. The van der Waals surface area contributed by atoms with Crippen molar-refractivity contribution in [1.29, 1.82) is 5.26 Å². The first-order valence-corrected chi connectivity index (χ1v) is 6.82. The minimum absolute atomic E-state index is 0.0444. The van der Waals surface area contributed by atoms with Gasteiger partial charge in [0.1, 0.15) is 17.4 Å². The number of hydrogen-bond acceptors (Lipinski definition) is 3. The second kappa shape index (κ2) is 4.76. The van der Waals surface area contributed by atoms with Crippen LogP contribution in [0.3, 0.4) is 0 Å². The Balaban J connectivity index is 2.39. The highest BCUT2D eigenvalue weighted by molar-refractivity contribution is 14.1. The number of nitriles is 1. The first-order valence-electron chi connectivity index (χ1n) is 5.74. The van der Waals surface area contributed by atoms with Gasteiger partial charge in [-0.05, 0) is 52.9 Å². The van der Waals surface area contributed by atoms with Gasteiger partial charge in [-0.15, -0.1) is 0 Å². The second-order valence-corrected chi connectivity index (χ2v) is 5.43. The van der Waals surface area contributed by atoms with Crippen LogP contribution in [0, 0.1) is 20.7 Å². The number of aromatic nitrogens is 2. The van der Waals surface area contributed by atoms with Crippen LogP contribution in [-0.2, 0) is 0 Å². The molecule has 0 radical (unpaired) electrons. The van der Waals surface area contributed by atoms with E-state index in [2.05, 4.69) is 27.6 Å². The van der Waals surface area contributed by atoms with Crippen LogP contribution in [0.2, 0.25) is 0 Å². The molecule has 1 aromatic heterocycles. The zero-order valence-electron chi connectivity index (χ0n) is 10.1. The van der Waals surface area contributed by atoms with Crippen molar-refractivity contribution in [3.63, 3.8) is 0 Å². The zero-order valence-corrected chi connectivity index (χ0v) is 12.3. The summed E-state index contributed by atoms with van der Waals surface area (Å²) in [6.45, 7) is 0. The fraction of sp³-hybridized carbons (Fsp3) is 0. The summed E-state index contributed by atoms with van der Waals surface area (Å²) in [5.74, 6) is -0.346. The Morgan fingerprint density at radius 3 is 2.85 bits per heavy atom. The third kappa shape index (κ3) is 1.91. The van der Waals surface area contributed by atoms with Gasteiger partial charge in [-0.2, -0.15) is 5.26 Å². The van der Waals surface area contributed by atoms with Crippen molar-refractivity contribution in [2.45, 2.75) is 0 Å². The van der Waals surface area contributed by atoms with Crippen LogP contribution in [0.4, 0.5) is 10.3 Å². The van der Waals surface area contributed by atoms with Crippen LogP contribution < -0.4 is 5.73 Å². The fourth-order valence-electron chi connectivity index (χ4n) is 2.13. The topological polar surface area (TPSA) is 67.6 Å². The molecule has 2 aromatic carbocycles. The summed E-state index contributed by atoms with van der Waals surface area (Å²) >= 11 is 2.18. The van der Waals surface area contributed by atoms with Crippen molar-refractivity contribution < 1.29 is 4.39 Å². The van der Waals surface area contributed by atoms with Gasteiger partial charge in [-0.1, -0.05) is 6.07 Å². The minimum atomic E-state index is -0.572. The van der Waals surface area contributed by atoms with Gasteiger partial charge in [0, 0.05) is 3.57 Å².